The van der Waals surface area contributed by atoms with Gasteiger partial charge in [-0.25, -0.2) is 0 Å². The van der Waals surface area contributed by atoms with Crippen LogP contribution in [0.1, 0.15) is 27.7 Å². The van der Waals surface area contributed by atoms with E-state index in [1.54, 1.807) is 0 Å². The lowest BCUT2D eigenvalue weighted by Gasteiger charge is -2.24. The lowest BCUT2D eigenvalue weighted by molar-refractivity contribution is 0.145. The van der Waals surface area contributed by atoms with E-state index < -0.39 is 0 Å². The second-order valence-electron chi connectivity index (χ2n) is 5.04. The van der Waals surface area contributed by atoms with Gasteiger partial charge in [-0.3, -0.25) is 0 Å². The molecule has 0 heterocycles. The van der Waals surface area contributed by atoms with Crippen LogP contribution in [-0.4, -0.2) is 18.7 Å². The lowest BCUT2D eigenvalue weighted by atomic mass is 10.1. The van der Waals surface area contributed by atoms with Crippen LogP contribution < -0.4 is 10.1 Å². The van der Waals surface area contributed by atoms with Crippen molar-refractivity contribution in [2.45, 2.75) is 39.8 Å². The van der Waals surface area contributed by atoms with E-state index in [1.807, 2.05) is 18.2 Å². The van der Waals surface area contributed by atoms with Gasteiger partial charge in [-0.2, -0.15) is 0 Å². The third kappa shape index (κ3) is 5.17. The molecular formula is C14H21BrClNO. The zero-order valence-electron chi connectivity index (χ0n) is 11.3. The molecule has 1 aromatic rings. The number of halogens is 2. The molecule has 1 rings (SSSR count). The van der Waals surface area contributed by atoms with Crippen LogP contribution in [-0.2, 0) is 0 Å². The van der Waals surface area contributed by atoms with E-state index >= 15 is 0 Å². The molecule has 102 valence electrons. The Kier molecular flexibility index (Phi) is 6.47. The first kappa shape index (κ1) is 15.8. The summed E-state index contributed by atoms with van der Waals surface area (Å²) in [7, 11) is 0. The van der Waals surface area contributed by atoms with Gasteiger partial charge < -0.3 is 10.1 Å². The molecule has 1 atom stereocenters. The van der Waals surface area contributed by atoms with Crippen molar-refractivity contribution < 1.29 is 4.74 Å². The number of benzene rings is 1. The average molecular weight is 335 g/mol. The van der Waals surface area contributed by atoms with Crippen molar-refractivity contribution in [2.24, 2.45) is 5.92 Å². The zero-order valence-corrected chi connectivity index (χ0v) is 13.7. The first-order chi connectivity index (χ1) is 8.40. The Labute approximate surface area is 123 Å². The van der Waals surface area contributed by atoms with Crippen molar-refractivity contribution in [3.63, 3.8) is 0 Å². The number of nitrogens with one attached hydrogen (secondary N) is 1. The summed E-state index contributed by atoms with van der Waals surface area (Å²) in [6.45, 7) is 9.43. The van der Waals surface area contributed by atoms with Crippen LogP contribution in [0.25, 0.3) is 0 Å². The maximum absolute atomic E-state index is 6.04. The summed E-state index contributed by atoms with van der Waals surface area (Å²) in [6, 6.07) is 6.06. The second-order valence-corrected chi connectivity index (χ2v) is 6.33. The van der Waals surface area contributed by atoms with E-state index in [0.717, 1.165) is 16.8 Å². The number of hydrogen-bond acceptors (Lipinski definition) is 2. The molecule has 0 spiro atoms. The van der Waals surface area contributed by atoms with Gasteiger partial charge >= 0.3 is 0 Å². The highest BCUT2D eigenvalue weighted by molar-refractivity contribution is 9.10. The molecule has 2 nitrogen and oxygen atoms in total. The predicted molar refractivity (Wildman–Crippen MR) is 81.5 cm³/mol. The summed E-state index contributed by atoms with van der Waals surface area (Å²) in [4.78, 5) is 0. The quantitative estimate of drug-likeness (QED) is 0.827. The fraction of sp³-hybridized carbons (Fsp3) is 0.571. The van der Waals surface area contributed by atoms with Crippen LogP contribution in [0.3, 0.4) is 0 Å². The molecular weight excluding hydrogens is 314 g/mol. The lowest BCUT2D eigenvalue weighted by Crippen LogP contribution is -2.38. The van der Waals surface area contributed by atoms with E-state index in [-0.39, 0.29) is 6.10 Å². The molecule has 0 aliphatic rings. The standard InChI is InChI=1S/C14H21BrClNO/c1-9(2)14(8-17-10(3)4)18-13-6-5-11(16)7-12(13)15/h5-7,9-10,14,17H,8H2,1-4H3. The summed E-state index contributed by atoms with van der Waals surface area (Å²) >= 11 is 9.40. The Bertz CT molecular complexity index is 382. The maximum atomic E-state index is 6.04. The van der Waals surface area contributed by atoms with Crippen molar-refractivity contribution in [3.05, 3.63) is 27.7 Å². The van der Waals surface area contributed by atoms with Gasteiger partial charge in [-0.05, 0) is 40.0 Å². The van der Waals surface area contributed by atoms with E-state index in [4.69, 9.17) is 16.3 Å². The van der Waals surface area contributed by atoms with E-state index in [1.165, 1.54) is 0 Å². The fourth-order valence-electron chi connectivity index (χ4n) is 1.50. The van der Waals surface area contributed by atoms with Crippen LogP contribution in [0.4, 0.5) is 0 Å². The largest absolute Gasteiger partial charge is 0.488 e. The topological polar surface area (TPSA) is 21.3 Å². The van der Waals surface area contributed by atoms with Gasteiger partial charge in [0.05, 0.1) is 4.47 Å². The van der Waals surface area contributed by atoms with Crippen molar-refractivity contribution in [1.29, 1.82) is 0 Å². The van der Waals surface area contributed by atoms with Gasteiger partial charge in [0.25, 0.3) is 0 Å². The second kappa shape index (κ2) is 7.37. The maximum Gasteiger partial charge on any atom is 0.134 e. The highest BCUT2D eigenvalue weighted by Crippen LogP contribution is 2.29. The number of ether oxygens (including phenoxy) is 1. The summed E-state index contributed by atoms with van der Waals surface area (Å²) in [6.07, 6.45) is 0.143. The van der Waals surface area contributed by atoms with Crippen LogP contribution >= 0.6 is 27.5 Å². The molecule has 0 aliphatic carbocycles. The summed E-state index contributed by atoms with van der Waals surface area (Å²) in [5, 5.41) is 4.12. The SMILES string of the molecule is CC(C)NCC(Oc1ccc(Cl)cc1Br)C(C)C. The fourth-order valence-corrected chi connectivity index (χ4v) is 2.28. The summed E-state index contributed by atoms with van der Waals surface area (Å²) in [5.74, 6) is 1.28. The van der Waals surface area contributed by atoms with Gasteiger partial charge in [0.15, 0.2) is 0 Å². The van der Waals surface area contributed by atoms with Crippen LogP contribution in [0.15, 0.2) is 22.7 Å². The minimum absolute atomic E-state index is 0.143. The first-order valence-electron chi connectivity index (χ1n) is 6.25. The van der Waals surface area contributed by atoms with Gasteiger partial charge in [0.1, 0.15) is 11.9 Å². The first-order valence-corrected chi connectivity index (χ1v) is 7.42. The third-order valence-electron chi connectivity index (χ3n) is 2.64. The molecule has 0 saturated carbocycles. The molecule has 18 heavy (non-hydrogen) atoms. The molecule has 0 aliphatic heterocycles. The highest BCUT2D eigenvalue weighted by atomic mass is 79.9. The van der Waals surface area contributed by atoms with Crippen molar-refractivity contribution in [3.8, 4) is 5.75 Å². The molecule has 4 heteroatoms. The molecule has 1 aromatic carbocycles. The average Bonchev–Trinajstić information content (AvgIpc) is 2.26. The number of hydrogen-bond donors (Lipinski definition) is 1. The highest BCUT2D eigenvalue weighted by Gasteiger charge is 2.16. The summed E-state index contributed by atoms with van der Waals surface area (Å²) < 4.78 is 6.94. The summed E-state index contributed by atoms with van der Waals surface area (Å²) in [5.41, 5.74) is 0. The van der Waals surface area contributed by atoms with Crippen molar-refractivity contribution >= 4 is 27.5 Å². The molecule has 0 radical (unpaired) electrons. The van der Waals surface area contributed by atoms with E-state index in [2.05, 4.69) is 48.9 Å². The van der Waals surface area contributed by atoms with E-state index in [0.29, 0.717) is 17.0 Å². The van der Waals surface area contributed by atoms with Gasteiger partial charge in [0, 0.05) is 17.6 Å². The number of rotatable bonds is 6. The van der Waals surface area contributed by atoms with Gasteiger partial charge in [-0.15, -0.1) is 0 Å². The minimum atomic E-state index is 0.143. The molecule has 0 saturated heterocycles. The Morgan fingerprint density at radius 3 is 2.44 bits per heavy atom. The zero-order chi connectivity index (χ0) is 13.7. The molecule has 0 amide bonds. The normalized spacial score (nSPS) is 13.1. The van der Waals surface area contributed by atoms with Crippen LogP contribution in [0.2, 0.25) is 5.02 Å². The minimum Gasteiger partial charge on any atom is -0.488 e. The Morgan fingerprint density at radius 1 is 1.28 bits per heavy atom. The Hall–Kier alpha value is -0.250. The third-order valence-corrected chi connectivity index (χ3v) is 3.50. The molecule has 0 bridgehead atoms. The Morgan fingerprint density at radius 2 is 1.94 bits per heavy atom. The molecule has 1 unspecified atom stereocenters. The van der Waals surface area contributed by atoms with Gasteiger partial charge in [-0.1, -0.05) is 39.3 Å². The van der Waals surface area contributed by atoms with Crippen LogP contribution in [0.5, 0.6) is 5.75 Å². The Balaban J connectivity index is 2.70. The molecule has 1 N–H and O–H groups in total. The predicted octanol–water partition coefficient (Wildman–Crippen LogP) is 4.50. The van der Waals surface area contributed by atoms with E-state index in [9.17, 15) is 0 Å². The molecule has 0 fully saturated rings. The van der Waals surface area contributed by atoms with Crippen molar-refractivity contribution in [1.82, 2.24) is 5.32 Å². The van der Waals surface area contributed by atoms with Crippen molar-refractivity contribution in [2.75, 3.05) is 6.54 Å². The smallest absolute Gasteiger partial charge is 0.134 e. The van der Waals surface area contributed by atoms with Crippen LogP contribution in [0, 0.1) is 5.92 Å². The molecule has 0 aromatic heterocycles. The van der Waals surface area contributed by atoms with Gasteiger partial charge in [0.2, 0.25) is 0 Å². The monoisotopic (exact) mass is 333 g/mol.